The number of nitrogens with two attached hydrogens (primary N) is 1. The topological polar surface area (TPSA) is 47.3 Å². The molecule has 0 saturated carbocycles. The van der Waals surface area contributed by atoms with Crippen LogP contribution in [0.4, 0.5) is 5.69 Å². The van der Waals surface area contributed by atoms with Crippen LogP contribution in [0.3, 0.4) is 0 Å². The molecule has 72 valence electrons. The lowest BCUT2D eigenvalue weighted by Gasteiger charge is -2.12. The summed E-state index contributed by atoms with van der Waals surface area (Å²) in [6.45, 7) is 2.08. The second-order valence-electron chi connectivity index (χ2n) is 3.01. The molecule has 0 radical (unpaired) electrons. The summed E-state index contributed by atoms with van der Waals surface area (Å²) in [5.41, 5.74) is 7.62. The van der Waals surface area contributed by atoms with Crippen LogP contribution < -0.4 is 15.8 Å². The average molecular weight is 180 g/mol. The summed E-state index contributed by atoms with van der Waals surface area (Å²) in [5.74, 6) is 0.729. The lowest BCUT2D eigenvalue weighted by atomic mass is 10.1. The summed E-state index contributed by atoms with van der Waals surface area (Å²) in [6, 6.07) is 6.14. The number of methoxy groups -OCH3 is 1. The van der Waals surface area contributed by atoms with E-state index in [2.05, 4.69) is 12.2 Å². The van der Waals surface area contributed by atoms with Crippen LogP contribution in [0.15, 0.2) is 18.2 Å². The third kappa shape index (κ3) is 2.12. The molecule has 0 amide bonds. The van der Waals surface area contributed by atoms with E-state index >= 15 is 0 Å². The van der Waals surface area contributed by atoms with Gasteiger partial charge in [0.15, 0.2) is 0 Å². The quantitative estimate of drug-likeness (QED) is 0.694. The number of benzene rings is 1. The Balaban J connectivity index is 2.95. The fraction of sp³-hybridized carbons (Fsp3) is 0.400. The Labute approximate surface area is 78.9 Å². The molecule has 3 heteroatoms. The Morgan fingerprint density at radius 3 is 2.62 bits per heavy atom. The van der Waals surface area contributed by atoms with Gasteiger partial charge in [0.2, 0.25) is 0 Å². The first kappa shape index (κ1) is 9.86. The van der Waals surface area contributed by atoms with Crippen LogP contribution in [0.5, 0.6) is 5.75 Å². The zero-order valence-corrected chi connectivity index (χ0v) is 8.29. The van der Waals surface area contributed by atoms with Gasteiger partial charge in [0.1, 0.15) is 5.75 Å². The number of hydrogen-bond acceptors (Lipinski definition) is 3. The van der Waals surface area contributed by atoms with Gasteiger partial charge >= 0.3 is 0 Å². The second-order valence-corrected chi connectivity index (χ2v) is 3.01. The zero-order chi connectivity index (χ0) is 9.84. The average Bonchev–Trinajstić information content (AvgIpc) is 2.16. The Kier molecular flexibility index (Phi) is 3.14. The van der Waals surface area contributed by atoms with Gasteiger partial charge in [-0.05, 0) is 31.7 Å². The molecule has 3 nitrogen and oxygen atoms in total. The summed E-state index contributed by atoms with van der Waals surface area (Å²) in [7, 11) is 3.54. The van der Waals surface area contributed by atoms with E-state index in [-0.39, 0.29) is 0 Å². The number of nitrogens with one attached hydrogen (secondary N) is 1. The molecule has 1 aromatic carbocycles. The van der Waals surface area contributed by atoms with Gasteiger partial charge in [0.05, 0.1) is 12.8 Å². The van der Waals surface area contributed by atoms with E-state index in [4.69, 9.17) is 10.5 Å². The fourth-order valence-electron chi connectivity index (χ4n) is 1.19. The largest absolute Gasteiger partial charge is 0.495 e. The van der Waals surface area contributed by atoms with Crippen LogP contribution in [-0.4, -0.2) is 14.2 Å². The van der Waals surface area contributed by atoms with Crippen LogP contribution in [-0.2, 0) is 0 Å². The normalized spacial score (nSPS) is 12.5. The molecule has 3 N–H and O–H groups in total. The highest BCUT2D eigenvalue weighted by atomic mass is 16.5. The van der Waals surface area contributed by atoms with Gasteiger partial charge in [-0.2, -0.15) is 0 Å². The van der Waals surface area contributed by atoms with Crippen molar-refractivity contribution in [3.63, 3.8) is 0 Å². The fourth-order valence-corrected chi connectivity index (χ4v) is 1.19. The number of ether oxygens (including phenoxy) is 1. The molecular weight excluding hydrogens is 164 g/mol. The molecule has 13 heavy (non-hydrogen) atoms. The maximum atomic E-state index is 5.77. The molecule has 0 aliphatic carbocycles. The van der Waals surface area contributed by atoms with E-state index in [0.717, 1.165) is 5.75 Å². The van der Waals surface area contributed by atoms with Crippen molar-refractivity contribution < 1.29 is 4.74 Å². The number of hydrogen-bond donors (Lipinski definition) is 2. The lowest BCUT2D eigenvalue weighted by Crippen LogP contribution is -2.12. The zero-order valence-electron chi connectivity index (χ0n) is 8.29. The molecule has 0 aliphatic heterocycles. The number of rotatable bonds is 3. The minimum Gasteiger partial charge on any atom is -0.495 e. The molecule has 0 unspecified atom stereocenters. The Morgan fingerprint density at radius 1 is 1.46 bits per heavy atom. The van der Waals surface area contributed by atoms with Crippen LogP contribution in [0, 0.1) is 0 Å². The van der Waals surface area contributed by atoms with E-state index in [9.17, 15) is 0 Å². The van der Waals surface area contributed by atoms with E-state index in [0.29, 0.717) is 11.7 Å². The summed E-state index contributed by atoms with van der Waals surface area (Å²) in [4.78, 5) is 0. The van der Waals surface area contributed by atoms with Gasteiger partial charge in [-0.25, -0.2) is 0 Å². The molecule has 0 aliphatic rings. The lowest BCUT2D eigenvalue weighted by molar-refractivity contribution is 0.416. The first-order valence-electron chi connectivity index (χ1n) is 4.29. The highest BCUT2D eigenvalue weighted by molar-refractivity contribution is 5.54. The molecule has 1 aromatic rings. The van der Waals surface area contributed by atoms with Crippen molar-refractivity contribution in [1.82, 2.24) is 5.32 Å². The first-order chi connectivity index (χ1) is 6.19. The van der Waals surface area contributed by atoms with Crippen molar-refractivity contribution in [1.29, 1.82) is 0 Å². The van der Waals surface area contributed by atoms with Crippen molar-refractivity contribution in [2.75, 3.05) is 19.9 Å². The van der Waals surface area contributed by atoms with Gasteiger partial charge in [0.25, 0.3) is 0 Å². The van der Waals surface area contributed by atoms with Gasteiger partial charge in [0, 0.05) is 6.04 Å². The van der Waals surface area contributed by atoms with Crippen molar-refractivity contribution >= 4 is 5.69 Å². The maximum absolute atomic E-state index is 5.77. The van der Waals surface area contributed by atoms with Crippen LogP contribution in [0.25, 0.3) is 0 Å². The highest BCUT2D eigenvalue weighted by Crippen LogP contribution is 2.24. The summed E-state index contributed by atoms with van der Waals surface area (Å²) in [6.07, 6.45) is 0. The summed E-state index contributed by atoms with van der Waals surface area (Å²) >= 11 is 0. The molecule has 1 atom stereocenters. The third-order valence-corrected chi connectivity index (χ3v) is 2.19. The summed E-state index contributed by atoms with van der Waals surface area (Å²) < 4.78 is 5.07. The van der Waals surface area contributed by atoms with E-state index in [1.807, 2.05) is 25.2 Å². The van der Waals surface area contributed by atoms with Crippen molar-refractivity contribution in [3.05, 3.63) is 23.8 Å². The third-order valence-electron chi connectivity index (χ3n) is 2.19. The second kappa shape index (κ2) is 4.14. The molecule has 0 fully saturated rings. The van der Waals surface area contributed by atoms with Crippen molar-refractivity contribution in [3.8, 4) is 5.75 Å². The Hall–Kier alpha value is -1.22. The van der Waals surface area contributed by atoms with Gasteiger partial charge in [-0.1, -0.05) is 6.07 Å². The molecule has 1 rings (SSSR count). The minimum atomic E-state index is 0.313. The minimum absolute atomic E-state index is 0.313. The number of anilines is 1. The Morgan fingerprint density at radius 2 is 2.15 bits per heavy atom. The maximum Gasteiger partial charge on any atom is 0.141 e. The van der Waals surface area contributed by atoms with Gasteiger partial charge < -0.3 is 15.8 Å². The monoisotopic (exact) mass is 180 g/mol. The van der Waals surface area contributed by atoms with Crippen molar-refractivity contribution in [2.45, 2.75) is 13.0 Å². The highest BCUT2D eigenvalue weighted by Gasteiger charge is 2.05. The predicted molar refractivity (Wildman–Crippen MR) is 54.9 cm³/mol. The van der Waals surface area contributed by atoms with Crippen LogP contribution >= 0.6 is 0 Å². The number of nitrogen functional groups attached to an aromatic ring is 1. The Bertz CT molecular complexity index is 286. The van der Waals surface area contributed by atoms with E-state index in [1.165, 1.54) is 5.56 Å². The molecular formula is C10H16N2O. The van der Waals surface area contributed by atoms with Crippen molar-refractivity contribution in [2.24, 2.45) is 0 Å². The molecule has 0 aromatic heterocycles. The van der Waals surface area contributed by atoms with E-state index in [1.54, 1.807) is 7.11 Å². The SMILES string of the molecule is CN[C@@H](C)c1ccc(OC)c(N)c1. The molecule has 0 saturated heterocycles. The molecule has 0 spiro atoms. The van der Waals surface area contributed by atoms with Crippen LogP contribution in [0.2, 0.25) is 0 Å². The summed E-state index contributed by atoms with van der Waals surface area (Å²) in [5, 5.41) is 3.15. The van der Waals surface area contributed by atoms with Gasteiger partial charge in [-0.3, -0.25) is 0 Å². The molecule has 0 bridgehead atoms. The first-order valence-corrected chi connectivity index (χ1v) is 4.29. The standard InChI is InChI=1S/C10H16N2O/c1-7(12-2)8-4-5-10(13-3)9(11)6-8/h4-7,12H,11H2,1-3H3/t7-/m0/s1. The molecule has 0 heterocycles. The van der Waals surface area contributed by atoms with Gasteiger partial charge in [-0.15, -0.1) is 0 Å². The van der Waals surface area contributed by atoms with Crippen LogP contribution in [0.1, 0.15) is 18.5 Å². The van der Waals surface area contributed by atoms with E-state index < -0.39 is 0 Å². The predicted octanol–water partition coefficient (Wildman–Crippen LogP) is 1.56. The smallest absolute Gasteiger partial charge is 0.141 e.